The molecular weight excluding hydrogens is 176 g/mol. The first-order valence-corrected chi connectivity index (χ1v) is 3.94. The molecule has 0 amide bonds. The van der Waals surface area contributed by atoms with Crippen LogP contribution in [0.4, 0.5) is 5.69 Å². The molecule has 0 aromatic heterocycles. The van der Waals surface area contributed by atoms with E-state index in [0.29, 0.717) is 5.11 Å². The first-order valence-electron chi connectivity index (χ1n) is 3.09. The molecule has 11 heavy (non-hydrogen) atoms. The lowest BCUT2D eigenvalue weighted by atomic mass is 10.3. The van der Waals surface area contributed by atoms with E-state index in [2.05, 4.69) is 22.9 Å². The highest BCUT2D eigenvalue weighted by Gasteiger charge is 1.91. The Morgan fingerprint density at radius 3 is 2.45 bits per heavy atom. The Balaban J connectivity index is 2.58. The van der Waals surface area contributed by atoms with E-state index in [4.69, 9.17) is 12.2 Å². The summed E-state index contributed by atoms with van der Waals surface area (Å²) in [6, 6.07) is 9.67. The van der Waals surface area contributed by atoms with Crippen LogP contribution in [0.1, 0.15) is 0 Å². The molecule has 0 saturated heterocycles. The van der Waals surface area contributed by atoms with Crippen molar-refractivity contribution in [3.63, 3.8) is 0 Å². The second kappa shape index (κ2) is 4.20. The van der Waals surface area contributed by atoms with Gasteiger partial charge in [-0.2, -0.15) is 0 Å². The predicted molar refractivity (Wildman–Crippen MR) is 54.8 cm³/mol. The van der Waals surface area contributed by atoms with E-state index < -0.39 is 0 Å². The highest BCUT2D eigenvalue weighted by molar-refractivity contribution is 7.84. The largest absolute Gasteiger partial charge is 0.332 e. The quantitative estimate of drug-likeness (QED) is 0.458. The molecule has 0 bridgehead atoms. The molecule has 1 aromatic rings. The third kappa shape index (κ3) is 2.78. The average molecular weight is 184 g/mol. The van der Waals surface area contributed by atoms with Crippen molar-refractivity contribution in [2.45, 2.75) is 0 Å². The second-order valence-corrected chi connectivity index (χ2v) is 2.56. The zero-order valence-corrected chi connectivity index (χ0v) is 7.45. The van der Waals surface area contributed by atoms with Gasteiger partial charge in [0.05, 0.1) is 0 Å². The minimum absolute atomic E-state index is 0.500. The van der Waals surface area contributed by atoms with Crippen LogP contribution < -0.4 is 10.0 Å². The van der Waals surface area contributed by atoms with Gasteiger partial charge in [0.25, 0.3) is 0 Å². The van der Waals surface area contributed by atoms with E-state index in [1.165, 1.54) is 0 Å². The third-order valence-corrected chi connectivity index (χ3v) is 1.71. The maximum absolute atomic E-state index is 4.84. The molecule has 0 unspecified atom stereocenters. The molecule has 0 radical (unpaired) electrons. The summed E-state index contributed by atoms with van der Waals surface area (Å²) in [6.07, 6.45) is 0. The smallest absolute Gasteiger partial charge is 0.180 e. The van der Waals surface area contributed by atoms with Crippen molar-refractivity contribution in [1.82, 2.24) is 4.72 Å². The van der Waals surface area contributed by atoms with Crippen molar-refractivity contribution >= 4 is 35.8 Å². The van der Waals surface area contributed by atoms with E-state index in [0.717, 1.165) is 5.69 Å². The van der Waals surface area contributed by atoms with Gasteiger partial charge in [-0.1, -0.05) is 31.0 Å². The molecule has 0 aliphatic heterocycles. The number of hydrogen-bond donors (Lipinski definition) is 3. The Labute approximate surface area is 76.5 Å². The van der Waals surface area contributed by atoms with Crippen LogP contribution in [0.2, 0.25) is 0 Å². The van der Waals surface area contributed by atoms with E-state index in [-0.39, 0.29) is 0 Å². The van der Waals surface area contributed by atoms with Gasteiger partial charge in [0, 0.05) is 5.69 Å². The lowest BCUT2D eigenvalue weighted by Gasteiger charge is -2.04. The number of thiol groups is 1. The summed E-state index contributed by atoms with van der Waals surface area (Å²) in [5.41, 5.74) is 0.957. The van der Waals surface area contributed by atoms with Crippen molar-refractivity contribution in [3.8, 4) is 0 Å². The van der Waals surface area contributed by atoms with Gasteiger partial charge in [-0.25, -0.2) is 0 Å². The standard InChI is InChI=1S/C7H8N2S2/c10-7(9-11)8-6-4-2-1-3-5-6/h1-5,11H,(H2,8,9,10). The Morgan fingerprint density at radius 2 is 1.91 bits per heavy atom. The molecule has 58 valence electrons. The number of thiocarbonyl (C=S) groups is 1. The number of benzene rings is 1. The molecular formula is C7H8N2S2. The molecule has 0 atom stereocenters. The number of para-hydroxylation sites is 1. The van der Waals surface area contributed by atoms with Gasteiger partial charge >= 0.3 is 0 Å². The Bertz CT molecular complexity index is 235. The molecule has 0 aliphatic rings. The minimum atomic E-state index is 0.500. The van der Waals surface area contributed by atoms with Gasteiger partial charge in [-0.15, -0.1) is 0 Å². The van der Waals surface area contributed by atoms with Gasteiger partial charge in [-0.3, -0.25) is 0 Å². The molecule has 0 heterocycles. The number of anilines is 1. The Hall–Kier alpha value is -0.740. The van der Waals surface area contributed by atoms with Crippen molar-refractivity contribution < 1.29 is 0 Å². The molecule has 0 saturated carbocycles. The molecule has 2 nitrogen and oxygen atoms in total. The SMILES string of the molecule is S=C(NS)Nc1ccccc1. The van der Waals surface area contributed by atoms with Gasteiger partial charge in [0.1, 0.15) is 0 Å². The van der Waals surface area contributed by atoms with Gasteiger partial charge in [-0.05, 0) is 24.4 Å². The summed E-state index contributed by atoms with van der Waals surface area (Å²) in [5, 5.41) is 3.44. The minimum Gasteiger partial charge on any atom is -0.332 e. The fourth-order valence-electron chi connectivity index (χ4n) is 0.681. The number of hydrogen-bond acceptors (Lipinski definition) is 2. The number of rotatable bonds is 1. The Morgan fingerprint density at radius 1 is 1.27 bits per heavy atom. The summed E-state index contributed by atoms with van der Waals surface area (Å²) in [5.74, 6) is 0. The summed E-state index contributed by atoms with van der Waals surface area (Å²) in [6.45, 7) is 0. The van der Waals surface area contributed by atoms with E-state index in [1.54, 1.807) is 0 Å². The van der Waals surface area contributed by atoms with Crippen LogP contribution in [-0.4, -0.2) is 5.11 Å². The fraction of sp³-hybridized carbons (Fsp3) is 0. The molecule has 0 aliphatic carbocycles. The summed E-state index contributed by atoms with van der Waals surface area (Å²) >= 11 is 8.63. The van der Waals surface area contributed by atoms with Crippen LogP contribution in [0.15, 0.2) is 30.3 Å². The first-order chi connectivity index (χ1) is 5.33. The number of nitrogens with one attached hydrogen (secondary N) is 2. The zero-order valence-electron chi connectivity index (χ0n) is 5.74. The molecule has 0 spiro atoms. The van der Waals surface area contributed by atoms with Crippen LogP contribution in [0, 0.1) is 0 Å². The normalized spacial score (nSPS) is 8.82. The Kier molecular flexibility index (Phi) is 3.19. The first kappa shape index (κ1) is 8.36. The van der Waals surface area contributed by atoms with Gasteiger partial charge in [0.15, 0.2) is 5.11 Å². The van der Waals surface area contributed by atoms with Crippen molar-refractivity contribution in [2.24, 2.45) is 0 Å². The molecule has 2 N–H and O–H groups in total. The fourth-order valence-corrected chi connectivity index (χ4v) is 0.854. The van der Waals surface area contributed by atoms with Crippen LogP contribution >= 0.6 is 25.0 Å². The lowest BCUT2D eigenvalue weighted by molar-refractivity contribution is 1.53. The van der Waals surface area contributed by atoms with Crippen LogP contribution in [0.5, 0.6) is 0 Å². The molecule has 4 heteroatoms. The van der Waals surface area contributed by atoms with Crippen LogP contribution in [0.3, 0.4) is 0 Å². The zero-order chi connectivity index (χ0) is 8.10. The van der Waals surface area contributed by atoms with E-state index >= 15 is 0 Å². The highest BCUT2D eigenvalue weighted by atomic mass is 32.1. The summed E-state index contributed by atoms with van der Waals surface area (Å²) < 4.78 is 2.53. The summed E-state index contributed by atoms with van der Waals surface area (Å²) in [7, 11) is 0. The maximum Gasteiger partial charge on any atom is 0.180 e. The van der Waals surface area contributed by atoms with Crippen LogP contribution in [0.25, 0.3) is 0 Å². The average Bonchev–Trinajstić information content (AvgIpc) is 2.06. The van der Waals surface area contributed by atoms with Crippen molar-refractivity contribution in [3.05, 3.63) is 30.3 Å². The predicted octanol–water partition coefficient (Wildman–Crippen LogP) is 1.82. The topological polar surface area (TPSA) is 24.1 Å². The lowest BCUT2D eigenvalue weighted by Crippen LogP contribution is -2.19. The van der Waals surface area contributed by atoms with Crippen molar-refractivity contribution in [2.75, 3.05) is 5.32 Å². The monoisotopic (exact) mass is 184 g/mol. The molecule has 1 rings (SSSR count). The second-order valence-electron chi connectivity index (χ2n) is 1.93. The van der Waals surface area contributed by atoms with Crippen molar-refractivity contribution in [1.29, 1.82) is 0 Å². The highest BCUT2D eigenvalue weighted by Crippen LogP contribution is 2.03. The molecule has 0 fully saturated rings. The van der Waals surface area contributed by atoms with Crippen LogP contribution in [-0.2, 0) is 0 Å². The maximum atomic E-state index is 4.84. The van der Waals surface area contributed by atoms with E-state index in [1.807, 2.05) is 30.3 Å². The molecule has 1 aromatic carbocycles. The van der Waals surface area contributed by atoms with Gasteiger partial charge < -0.3 is 10.0 Å². The van der Waals surface area contributed by atoms with Gasteiger partial charge in [0.2, 0.25) is 0 Å². The van der Waals surface area contributed by atoms with E-state index in [9.17, 15) is 0 Å². The summed E-state index contributed by atoms with van der Waals surface area (Å²) in [4.78, 5) is 0. The third-order valence-electron chi connectivity index (χ3n) is 1.13.